The minimum Gasteiger partial charge on any atom is -0.488 e. The number of urea groups is 1. The second-order valence-electron chi connectivity index (χ2n) is 5.84. The van der Waals surface area contributed by atoms with Crippen molar-refractivity contribution in [3.05, 3.63) is 52.0 Å². The van der Waals surface area contributed by atoms with Crippen molar-refractivity contribution >= 4 is 17.4 Å². The summed E-state index contributed by atoms with van der Waals surface area (Å²) in [6.45, 7) is 4.61. The van der Waals surface area contributed by atoms with Crippen molar-refractivity contribution in [3.8, 4) is 5.75 Å². The molecule has 0 radical (unpaired) electrons. The zero-order valence-electron chi connectivity index (χ0n) is 14.2. The number of nitrogens with zero attached hydrogens (tertiary/aromatic N) is 1. The fourth-order valence-corrected chi connectivity index (χ4v) is 2.85. The first-order valence-corrected chi connectivity index (χ1v) is 8.80. The van der Waals surface area contributed by atoms with E-state index in [4.69, 9.17) is 4.74 Å². The number of benzene rings is 1. The highest BCUT2D eigenvalue weighted by Gasteiger charge is 2.10. The lowest BCUT2D eigenvalue weighted by Crippen LogP contribution is -2.37. The number of carbonyl (C=O) groups is 1. The molecule has 1 N–H and O–H groups in total. The van der Waals surface area contributed by atoms with Crippen LogP contribution in [0.5, 0.6) is 5.75 Å². The molecule has 0 aliphatic heterocycles. The van der Waals surface area contributed by atoms with Crippen molar-refractivity contribution in [1.29, 1.82) is 0 Å². The fourth-order valence-electron chi connectivity index (χ4n) is 2.15. The lowest BCUT2D eigenvalue weighted by molar-refractivity contribution is 0.209. The van der Waals surface area contributed by atoms with E-state index in [9.17, 15) is 9.18 Å². The molecule has 0 bridgehead atoms. The van der Waals surface area contributed by atoms with Gasteiger partial charge in [-0.3, -0.25) is 0 Å². The lowest BCUT2D eigenvalue weighted by Gasteiger charge is -2.18. The summed E-state index contributed by atoms with van der Waals surface area (Å²) >= 11 is 1.68. The zero-order chi connectivity index (χ0) is 17.5. The van der Waals surface area contributed by atoms with E-state index < -0.39 is 5.82 Å². The molecule has 0 spiro atoms. The molecule has 0 aliphatic carbocycles. The van der Waals surface area contributed by atoms with Crippen LogP contribution in [-0.2, 0) is 13.0 Å². The van der Waals surface area contributed by atoms with Gasteiger partial charge in [0.1, 0.15) is 0 Å². The van der Waals surface area contributed by atoms with Crippen LogP contribution in [0.4, 0.5) is 9.18 Å². The van der Waals surface area contributed by atoms with Crippen LogP contribution in [0.3, 0.4) is 0 Å². The molecule has 130 valence electrons. The van der Waals surface area contributed by atoms with Crippen LogP contribution >= 0.6 is 11.3 Å². The Morgan fingerprint density at radius 2 is 2.17 bits per heavy atom. The Balaban J connectivity index is 1.81. The second kappa shape index (κ2) is 8.68. The highest BCUT2D eigenvalue weighted by Crippen LogP contribution is 2.19. The Labute approximate surface area is 146 Å². The number of hydrogen-bond acceptors (Lipinski definition) is 3. The van der Waals surface area contributed by atoms with Gasteiger partial charge in [0.05, 0.1) is 6.10 Å². The van der Waals surface area contributed by atoms with E-state index in [2.05, 4.69) is 11.4 Å². The summed E-state index contributed by atoms with van der Waals surface area (Å²) in [5.74, 6) is -0.186. The van der Waals surface area contributed by atoms with Crippen molar-refractivity contribution in [2.24, 2.45) is 0 Å². The first-order valence-electron chi connectivity index (χ1n) is 7.92. The molecule has 0 fully saturated rings. The molecular weight excluding hydrogens is 327 g/mol. The quantitative estimate of drug-likeness (QED) is 0.818. The SMILES string of the molecule is CC(C)Oc1ccc(CNC(=O)N(C)CCc2cccs2)cc1F. The van der Waals surface area contributed by atoms with Crippen LogP contribution in [0.15, 0.2) is 35.7 Å². The topological polar surface area (TPSA) is 41.6 Å². The summed E-state index contributed by atoms with van der Waals surface area (Å²) in [5, 5.41) is 4.82. The van der Waals surface area contributed by atoms with Gasteiger partial charge in [-0.2, -0.15) is 0 Å². The maximum absolute atomic E-state index is 13.9. The molecule has 1 aromatic carbocycles. The average Bonchev–Trinajstić information content (AvgIpc) is 3.05. The van der Waals surface area contributed by atoms with E-state index in [1.54, 1.807) is 35.4 Å². The van der Waals surface area contributed by atoms with Crippen molar-refractivity contribution in [2.45, 2.75) is 32.9 Å². The minimum atomic E-state index is -0.415. The van der Waals surface area contributed by atoms with Crippen LogP contribution in [0.1, 0.15) is 24.3 Å². The average molecular weight is 350 g/mol. The van der Waals surface area contributed by atoms with Crippen LogP contribution in [0.25, 0.3) is 0 Å². The van der Waals surface area contributed by atoms with Gasteiger partial charge in [-0.15, -0.1) is 11.3 Å². The monoisotopic (exact) mass is 350 g/mol. The maximum Gasteiger partial charge on any atom is 0.317 e. The molecule has 1 aromatic heterocycles. The van der Waals surface area contributed by atoms with Crippen LogP contribution < -0.4 is 10.1 Å². The van der Waals surface area contributed by atoms with E-state index in [1.807, 2.05) is 25.3 Å². The third-order valence-corrected chi connectivity index (χ3v) is 4.36. The molecule has 4 nitrogen and oxygen atoms in total. The van der Waals surface area contributed by atoms with E-state index in [-0.39, 0.29) is 24.4 Å². The van der Waals surface area contributed by atoms with Gasteiger partial charge in [0.25, 0.3) is 0 Å². The Morgan fingerprint density at radius 1 is 1.38 bits per heavy atom. The van der Waals surface area contributed by atoms with Gasteiger partial charge in [0.2, 0.25) is 0 Å². The van der Waals surface area contributed by atoms with Gasteiger partial charge in [-0.1, -0.05) is 12.1 Å². The largest absolute Gasteiger partial charge is 0.488 e. The molecule has 2 aromatic rings. The van der Waals surface area contributed by atoms with Gasteiger partial charge in [0, 0.05) is 25.0 Å². The first kappa shape index (κ1) is 18.3. The predicted molar refractivity (Wildman–Crippen MR) is 95.1 cm³/mol. The molecule has 0 unspecified atom stereocenters. The third kappa shape index (κ3) is 5.53. The third-order valence-electron chi connectivity index (χ3n) is 3.42. The minimum absolute atomic E-state index is 0.0814. The summed E-state index contributed by atoms with van der Waals surface area (Å²) < 4.78 is 19.3. The summed E-state index contributed by atoms with van der Waals surface area (Å²) in [7, 11) is 1.75. The zero-order valence-corrected chi connectivity index (χ0v) is 15.0. The Hall–Kier alpha value is -2.08. The standard InChI is InChI=1S/C18H23FN2O2S/c1-13(2)23-17-7-6-14(11-16(17)19)12-20-18(22)21(3)9-8-15-5-4-10-24-15/h4-7,10-11,13H,8-9,12H2,1-3H3,(H,20,22). The summed E-state index contributed by atoms with van der Waals surface area (Å²) in [5.41, 5.74) is 0.698. The number of nitrogens with one attached hydrogen (secondary N) is 1. The molecule has 2 amide bonds. The number of thiophene rings is 1. The normalized spacial score (nSPS) is 10.7. The number of hydrogen-bond donors (Lipinski definition) is 1. The van der Waals surface area contributed by atoms with E-state index in [1.165, 1.54) is 10.9 Å². The molecule has 0 atom stereocenters. The molecular formula is C18H23FN2O2S. The van der Waals surface area contributed by atoms with Crippen molar-refractivity contribution in [3.63, 3.8) is 0 Å². The molecule has 2 rings (SSSR count). The molecule has 6 heteroatoms. The number of likely N-dealkylation sites (N-methyl/N-ethyl adjacent to an activating group) is 1. The highest BCUT2D eigenvalue weighted by molar-refractivity contribution is 7.09. The highest BCUT2D eigenvalue weighted by atomic mass is 32.1. The van der Waals surface area contributed by atoms with Crippen molar-refractivity contribution in [2.75, 3.05) is 13.6 Å². The summed E-state index contributed by atoms with van der Waals surface area (Å²) in [4.78, 5) is 15.0. The van der Waals surface area contributed by atoms with E-state index in [0.29, 0.717) is 12.1 Å². The predicted octanol–water partition coefficient (Wildman–Crippen LogP) is 4.06. The van der Waals surface area contributed by atoms with Gasteiger partial charge in [0.15, 0.2) is 11.6 Å². The van der Waals surface area contributed by atoms with Gasteiger partial charge in [-0.25, -0.2) is 9.18 Å². The fraction of sp³-hybridized carbons (Fsp3) is 0.389. The number of rotatable bonds is 7. The van der Waals surface area contributed by atoms with Crippen molar-refractivity contribution in [1.82, 2.24) is 10.2 Å². The van der Waals surface area contributed by atoms with Gasteiger partial charge in [-0.05, 0) is 49.4 Å². The summed E-state index contributed by atoms with van der Waals surface area (Å²) in [6.07, 6.45) is 0.749. The second-order valence-corrected chi connectivity index (χ2v) is 6.87. The molecule has 0 saturated carbocycles. The molecule has 1 heterocycles. The Kier molecular flexibility index (Phi) is 6.61. The number of ether oxygens (including phenoxy) is 1. The molecule has 0 aliphatic rings. The Bertz CT molecular complexity index is 659. The molecule has 24 heavy (non-hydrogen) atoms. The molecule has 0 saturated heterocycles. The smallest absolute Gasteiger partial charge is 0.317 e. The van der Waals surface area contributed by atoms with E-state index in [0.717, 1.165) is 6.42 Å². The van der Waals surface area contributed by atoms with Crippen molar-refractivity contribution < 1.29 is 13.9 Å². The number of halogens is 1. The Morgan fingerprint density at radius 3 is 2.79 bits per heavy atom. The van der Waals surface area contributed by atoms with E-state index >= 15 is 0 Å². The van der Waals surface area contributed by atoms with Crippen LogP contribution in [0.2, 0.25) is 0 Å². The van der Waals surface area contributed by atoms with Crippen LogP contribution in [0, 0.1) is 5.82 Å². The summed E-state index contributed by atoms with van der Waals surface area (Å²) in [6, 6.07) is 8.63. The maximum atomic E-state index is 13.9. The van der Waals surface area contributed by atoms with Gasteiger partial charge < -0.3 is 15.0 Å². The first-order chi connectivity index (χ1) is 11.5. The number of carbonyl (C=O) groups excluding carboxylic acids is 1. The lowest BCUT2D eigenvalue weighted by atomic mass is 10.2. The van der Waals surface area contributed by atoms with Gasteiger partial charge >= 0.3 is 6.03 Å². The number of amides is 2. The van der Waals surface area contributed by atoms with Crippen LogP contribution in [-0.4, -0.2) is 30.6 Å².